The number of rotatable bonds is 6. The second-order valence-corrected chi connectivity index (χ2v) is 6.26. The molecule has 0 radical (unpaired) electrons. The van der Waals surface area contributed by atoms with Gasteiger partial charge in [-0.05, 0) is 47.9 Å². The van der Waals surface area contributed by atoms with E-state index >= 15 is 0 Å². The van der Waals surface area contributed by atoms with Crippen LogP contribution in [-0.2, 0) is 19.4 Å². The van der Waals surface area contributed by atoms with E-state index in [0.717, 1.165) is 17.5 Å². The standard InChI is InChI=1S/C20H24N2O2/c23-12-11-19(17-5-2-1-3-6-17)22-20(24)21-14-15-9-10-16-7-4-8-18(16)13-15/h1-3,5-6,9-10,13,19,23H,4,7-8,11-12,14H2,(H2,21,22,24)/t19-/m1/s1. The van der Waals surface area contributed by atoms with Crippen molar-refractivity contribution < 1.29 is 9.90 Å². The zero-order chi connectivity index (χ0) is 16.8. The fourth-order valence-electron chi connectivity index (χ4n) is 3.26. The molecule has 24 heavy (non-hydrogen) atoms. The van der Waals surface area contributed by atoms with Gasteiger partial charge in [-0.2, -0.15) is 0 Å². The van der Waals surface area contributed by atoms with Crippen molar-refractivity contribution in [3.63, 3.8) is 0 Å². The normalized spacial score (nSPS) is 14.0. The Kier molecular flexibility index (Phi) is 5.49. The highest BCUT2D eigenvalue weighted by Gasteiger charge is 2.14. The van der Waals surface area contributed by atoms with Crippen molar-refractivity contribution >= 4 is 6.03 Å². The lowest BCUT2D eigenvalue weighted by molar-refractivity contribution is 0.229. The lowest BCUT2D eigenvalue weighted by Gasteiger charge is -2.19. The van der Waals surface area contributed by atoms with Crippen LogP contribution in [0.25, 0.3) is 0 Å². The summed E-state index contributed by atoms with van der Waals surface area (Å²) < 4.78 is 0. The average molecular weight is 324 g/mol. The number of amides is 2. The van der Waals surface area contributed by atoms with Crippen LogP contribution >= 0.6 is 0 Å². The monoisotopic (exact) mass is 324 g/mol. The van der Waals surface area contributed by atoms with Gasteiger partial charge in [0, 0.05) is 13.2 Å². The van der Waals surface area contributed by atoms with Gasteiger partial charge in [-0.15, -0.1) is 0 Å². The van der Waals surface area contributed by atoms with Gasteiger partial charge in [-0.3, -0.25) is 0 Å². The Hall–Kier alpha value is -2.33. The van der Waals surface area contributed by atoms with Crippen LogP contribution in [0.15, 0.2) is 48.5 Å². The first-order valence-corrected chi connectivity index (χ1v) is 8.57. The number of nitrogens with one attached hydrogen (secondary N) is 2. The van der Waals surface area contributed by atoms with E-state index < -0.39 is 0 Å². The van der Waals surface area contributed by atoms with Crippen LogP contribution in [-0.4, -0.2) is 17.7 Å². The number of hydrogen-bond donors (Lipinski definition) is 3. The number of aliphatic hydroxyl groups is 1. The molecule has 0 saturated carbocycles. The molecule has 1 aliphatic rings. The van der Waals surface area contributed by atoms with Crippen molar-refractivity contribution in [1.82, 2.24) is 10.6 Å². The van der Waals surface area contributed by atoms with Gasteiger partial charge < -0.3 is 15.7 Å². The molecule has 2 aromatic carbocycles. The topological polar surface area (TPSA) is 61.4 Å². The first-order chi connectivity index (χ1) is 11.8. The van der Waals surface area contributed by atoms with Gasteiger partial charge in [0.2, 0.25) is 0 Å². The van der Waals surface area contributed by atoms with Crippen LogP contribution in [0.4, 0.5) is 4.79 Å². The molecule has 3 N–H and O–H groups in total. The van der Waals surface area contributed by atoms with Crippen LogP contribution in [0.2, 0.25) is 0 Å². The highest BCUT2D eigenvalue weighted by atomic mass is 16.3. The number of carbonyl (C=O) groups is 1. The summed E-state index contributed by atoms with van der Waals surface area (Å²) >= 11 is 0. The van der Waals surface area contributed by atoms with Gasteiger partial charge in [-0.25, -0.2) is 4.79 Å². The molecule has 0 fully saturated rings. The molecular weight excluding hydrogens is 300 g/mol. The molecule has 1 atom stereocenters. The number of carbonyl (C=O) groups excluding carboxylic acids is 1. The molecule has 2 amide bonds. The van der Waals surface area contributed by atoms with Crippen molar-refractivity contribution in [1.29, 1.82) is 0 Å². The molecular formula is C20H24N2O2. The Morgan fingerprint density at radius 2 is 1.88 bits per heavy atom. The van der Waals surface area contributed by atoms with Crippen LogP contribution in [0.5, 0.6) is 0 Å². The minimum absolute atomic E-state index is 0.0324. The minimum atomic E-state index is -0.210. The maximum absolute atomic E-state index is 12.2. The molecule has 1 aliphatic carbocycles. The summed E-state index contributed by atoms with van der Waals surface area (Å²) in [5.41, 5.74) is 4.98. The van der Waals surface area contributed by atoms with Crippen molar-refractivity contribution in [3.05, 3.63) is 70.8 Å². The van der Waals surface area contributed by atoms with Gasteiger partial charge in [-0.1, -0.05) is 48.5 Å². The summed E-state index contributed by atoms with van der Waals surface area (Å²) in [5, 5.41) is 15.1. The van der Waals surface area contributed by atoms with Crippen LogP contribution in [0, 0.1) is 0 Å². The summed E-state index contributed by atoms with van der Waals surface area (Å²) in [6.45, 7) is 0.546. The van der Waals surface area contributed by atoms with Crippen LogP contribution in [0.3, 0.4) is 0 Å². The second-order valence-electron chi connectivity index (χ2n) is 6.26. The molecule has 4 heteroatoms. The van der Waals surface area contributed by atoms with Gasteiger partial charge in [0.05, 0.1) is 6.04 Å². The molecule has 126 valence electrons. The molecule has 4 nitrogen and oxygen atoms in total. The van der Waals surface area contributed by atoms with Crippen molar-refractivity contribution in [3.8, 4) is 0 Å². The number of fused-ring (bicyclic) bond motifs is 1. The molecule has 0 aromatic heterocycles. The Balaban J connectivity index is 1.56. The van der Waals surface area contributed by atoms with E-state index in [1.807, 2.05) is 30.3 Å². The first kappa shape index (κ1) is 16.5. The van der Waals surface area contributed by atoms with E-state index in [0.29, 0.717) is 13.0 Å². The second kappa shape index (κ2) is 7.97. The lowest BCUT2D eigenvalue weighted by atomic mass is 10.0. The fourth-order valence-corrected chi connectivity index (χ4v) is 3.26. The first-order valence-electron chi connectivity index (χ1n) is 8.57. The van der Waals surface area contributed by atoms with Gasteiger partial charge in [0.1, 0.15) is 0 Å². The SMILES string of the molecule is O=C(NCc1ccc2c(c1)CCC2)N[C@H](CCO)c1ccccc1. The number of aliphatic hydroxyl groups excluding tert-OH is 1. The van der Waals surface area contributed by atoms with E-state index in [9.17, 15) is 9.90 Å². The van der Waals surface area contributed by atoms with E-state index in [1.54, 1.807) is 0 Å². The summed E-state index contributed by atoms with van der Waals surface area (Å²) in [6.07, 6.45) is 4.04. The number of urea groups is 1. The molecule has 0 heterocycles. The van der Waals surface area contributed by atoms with Gasteiger partial charge in [0.15, 0.2) is 0 Å². The third kappa shape index (κ3) is 4.15. The Bertz CT molecular complexity index is 685. The lowest BCUT2D eigenvalue weighted by Crippen LogP contribution is -2.38. The highest BCUT2D eigenvalue weighted by molar-refractivity contribution is 5.74. The molecule has 0 unspecified atom stereocenters. The zero-order valence-corrected chi connectivity index (χ0v) is 13.8. The predicted molar refractivity (Wildman–Crippen MR) is 94.7 cm³/mol. The summed E-state index contributed by atoms with van der Waals surface area (Å²) in [7, 11) is 0. The van der Waals surface area contributed by atoms with E-state index in [2.05, 4.69) is 28.8 Å². The van der Waals surface area contributed by atoms with Crippen LogP contribution in [0.1, 0.15) is 41.1 Å². The summed E-state index contributed by atoms with van der Waals surface area (Å²) in [5.74, 6) is 0. The maximum Gasteiger partial charge on any atom is 0.315 e. The van der Waals surface area contributed by atoms with E-state index in [1.165, 1.54) is 24.0 Å². The molecule has 0 bridgehead atoms. The van der Waals surface area contributed by atoms with E-state index in [4.69, 9.17) is 0 Å². The quantitative estimate of drug-likeness (QED) is 0.764. The van der Waals surface area contributed by atoms with E-state index in [-0.39, 0.29) is 18.7 Å². The Labute approximate surface area is 142 Å². The third-order valence-electron chi connectivity index (χ3n) is 4.54. The summed E-state index contributed by atoms with van der Waals surface area (Å²) in [4.78, 5) is 12.2. The average Bonchev–Trinajstić information content (AvgIpc) is 3.08. The number of hydrogen-bond acceptors (Lipinski definition) is 2. The fraction of sp³-hybridized carbons (Fsp3) is 0.350. The smallest absolute Gasteiger partial charge is 0.315 e. The van der Waals surface area contributed by atoms with Crippen LogP contribution < -0.4 is 10.6 Å². The van der Waals surface area contributed by atoms with Gasteiger partial charge in [0.25, 0.3) is 0 Å². The molecule has 0 aliphatic heterocycles. The molecule has 3 rings (SSSR count). The van der Waals surface area contributed by atoms with Crippen molar-refractivity contribution in [2.75, 3.05) is 6.61 Å². The summed E-state index contributed by atoms with van der Waals surface area (Å²) in [6, 6.07) is 15.8. The predicted octanol–water partition coefficient (Wildman–Crippen LogP) is 3.10. The van der Waals surface area contributed by atoms with Crippen molar-refractivity contribution in [2.24, 2.45) is 0 Å². The number of aryl methyl sites for hydroxylation is 2. The highest BCUT2D eigenvalue weighted by Crippen LogP contribution is 2.22. The Morgan fingerprint density at radius 3 is 2.67 bits per heavy atom. The maximum atomic E-state index is 12.2. The molecule has 2 aromatic rings. The largest absolute Gasteiger partial charge is 0.396 e. The zero-order valence-electron chi connectivity index (χ0n) is 13.8. The third-order valence-corrected chi connectivity index (χ3v) is 4.54. The molecule has 0 saturated heterocycles. The minimum Gasteiger partial charge on any atom is -0.396 e. The van der Waals surface area contributed by atoms with Gasteiger partial charge >= 0.3 is 6.03 Å². The number of benzene rings is 2. The Morgan fingerprint density at radius 1 is 1.08 bits per heavy atom. The van der Waals surface area contributed by atoms with Crippen molar-refractivity contribution in [2.45, 2.75) is 38.3 Å². The molecule has 0 spiro atoms.